The molecular formula is C7H14N4O2S. The van der Waals surface area contributed by atoms with Gasteiger partial charge in [0.25, 0.3) is 0 Å². The van der Waals surface area contributed by atoms with E-state index in [9.17, 15) is 8.42 Å². The quantitative estimate of drug-likeness (QED) is 0.719. The van der Waals surface area contributed by atoms with Crippen LogP contribution in [-0.2, 0) is 10.2 Å². The minimum atomic E-state index is -3.51. The second-order valence-electron chi connectivity index (χ2n) is 3.42. The summed E-state index contributed by atoms with van der Waals surface area (Å²) < 4.78 is 25.1. The van der Waals surface area contributed by atoms with Crippen molar-refractivity contribution in [2.24, 2.45) is 0 Å². The third-order valence-corrected chi connectivity index (χ3v) is 3.28. The summed E-state index contributed by atoms with van der Waals surface area (Å²) >= 11 is 0. The molecule has 0 spiro atoms. The maximum absolute atomic E-state index is 11.6. The highest BCUT2D eigenvalue weighted by Crippen LogP contribution is 2.08. The van der Waals surface area contributed by atoms with E-state index in [0.717, 1.165) is 8.39 Å². The maximum Gasteiger partial charge on any atom is 0.323 e. The Morgan fingerprint density at radius 3 is 2.36 bits per heavy atom. The summed E-state index contributed by atoms with van der Waals surface area (Å²) in [4.78, 5) is 3.91. The van der Waals surface area contributed by atoms with Gasteiger partial charge in [-0.3, -0.25) is 0 Å². The Hall–Kier alpha value is -0.950. The number of rotatable bonds is 3. The molecule has 14 heavy (non-hydrogen) atoms. The van der Waals surface area contributed by atoms with E-state index in [4.69, 9.17) is 0 Å². The Balaban J connectivity index is 3.10. The fourth-order valence-corrected chi connectivity index (χ4v) is 1.49. The van der Waals surface area contributed by atoms with Crippen LogP contribution in [-0.4, -0.2) is 41.0 Å². The average molecular weight is 218 g/mol. The molecule has 0 unspecified atom stereocenters. The molecule has 0 aromatic carbocycles. The zero-order chi connectivity index (χ0) is 10.9. The highest BCUT2D eigenvalue weighted by molar-refractivity contribution is 7.87. The molecule has 1 aromatic rings. The monoisotopic (exact) mass is 218 g/mol. The van der Waals surface area contributed by atoms with E-state index in [1.54, 1.807) is 0 Å². The summed E-state index contributed by atoms with van der Waals surface area (Å²) in [6, 6.07) is 0. The Bertz CT molecular complexity index is 407. The molecule has 0 N–H and O–H groups in total. The Morgan fingerprint density at radius 1 is 1.43 bits per heavy atom. The van der Waals surface area contributed by atoms with Crippen LogP contribution < -0.4 is 0 Å². The first kappa shape index (κ1) is 11.1. The van der Waals surface area contributed by atoms with Gasteiger partial charge in [-0.05, 0) is 0 Å². The summed E-state index contributed by atoms with van der Waals surface area (Å²) in [7, 11) is -0.612. The zero-order valence-electron chi connectivity index (χ0n) is 8.67. The van der Waals surface area contributed by atoms with Gasteiger partial charge in [0.1, 0.15) is 6.33 Å². The van der Waals surface area contributed by atoms with Crippen LogP contribution in [0.1, 0.15) is 25.6 Å². The van der Waals surface area contributed by atoms with Crippen molar-refractivity contribution >= 4 is 10.2 Å². The first-order valence-electron chi connectivity index (χ1n) is 4.20. The van der Waals surface area contributed by atoms with Crippen molar-refractivity contribution in [2.45, 2.75) is 19.8 Å². The summed E-state index contributed by atoms with van der Waals surface area (Å²) in [6.07, 6.45) is 1.21. The van der Waals surface area contributed by atoms with Crippen molar-refractivity contribution in [3.63, 3.8) is 0 Å². The third-order valence-electron chi connectivity index (χ3n) is 1.70. The third kappa shape index (κ3) is 1.93. The van der Waals surface area contributed by atoms with Gasteiger partial charge < -0.3 is 0 Å². The van der Waals surface area contributed by atoms with Crippen molar-refractivity contribution in [3.05, 3.63) is 12.2 Å². The van der Waals surface area contributed by atoms with Crippen LogP contribution in [0.5, 0.6) is 0 Å². The van der Waals surface area contributed by atoms with E-state index in [1.165, 1.54) is 20.4 Å². The van der Waals surface area contributed by atoms with E-state index < -0.39 is 10.2 Å². The van der Waals surface area contributed by atoms with Crippen molar-refractivity contribution < 1.29 is 8.42 Å². The molecule has 0 radical (unpaired) electrons. The molecule has 1 heterocycles. The van der Waals surface area contributed by atoms with Gasteiger partial charge in [-0.15, -0.1) is 9.19 Å². The summed E-state index contributed by atoms with van der Waals surface area (Å²) in [5.41, 5.74) is 0. The molecular weight excluding hydrogens is 204 g/mol. The summed E-state index contributed by atoms with van der Waals surface area (Å²) in [6.45, 7) is 3.81. The fourth-order valence-electron chi connectivity index (χ4n) is 0.804. The van der Waals surface area contributed by atoms with Gasteiger partial charge in [-0.25, -0.2) is 4.98 Å². The van der Waals surface area contributed by atoms with E-state index in [0.29, 0.717) is 5.82 Å². The summed E-state index contributed by atoms with van der Waals surface area (Å²) in [5, 5.41) is 3.88. The van der Waals surface area contributed by atoms with Crippen LogP contribution in [0.25, 0.3) is 0 Å². The standard InChI is InChI=1S/C7H14N4O2S/c1-6(2)7-8-5-11(9-7)14(12,13)10(3)4/h5-6H,1-4H3. The maximum atomic E-state index is 11.6. The van der Waals surface area contributed by atoms with Crippen molar-refractivity contribution in [1.82, 2.24) is 18.5 Å². The van der Waals surface area contributed by atoms with Gasteiger partial charge in [0.2, 0.25) is 0 Å². The largest absolute Gasteiger partial charge is 0.323 e. The molecule has 0 amide bonds. The predicted octanol–water partition coefficient (Wildman–Crippen LogP) is 0.0560. The molecule has 0 aliphatic carbocycles. The normalized spacial score (nSPS) is 12.7. The lowest BCUT2D eigenvalue weighted by Crippen LogP contribution is -2.29. The molecule has 80 valence electrons. The number of aromatic nitrogens is 3. The van der Waals surface area contributed by atoms with Crippen molar-refractivity contribution in [1.29, 1.82) is 0 Å². The lowest BCUT2D eigenvalue weighted by Gasteiger charge is -2.09. The second-order valence-corrected chi connectivity index (χ2v) is 5.42. The van der Waals surface area contributed by atoms with Crippen LogP contribution in [0, 0.1) is 0 Å². The predicted molar refractivity (Wildman–Crippen MR) is 52.1 cm³/mol. The Kier molecular flexibility index (Phi) is 2.91. The molecule has 0 saturated carbocycles. The number of hydrogen-bond donors (Lipinski definition) is 0. The van der Waals surface area contributed by atoms with Crippen LogP contribution in [0.15, 0.2) is 6.33 Å². The smallest absolute Gasteiger partial charge is 0.218 e. The van der Waals surface area contributed by atoms with Crippen molar-refractivity contribution in [2.75, 3.05) is 14.1 Å². The van der Waals surface area contributed by atoms with Gasteiger partial charge in [0, 0.05) is 20.0 Å². The van der Waals surface area contributed by atoms with Crippen LogP contribution >= 0.6 is 0 Å². The molecule has 1 aromatic heterocycles. The van der Waals surface area contributed by atoms with E-state index in [-0.39, 0.29) is 5.92 Å². The second kappa shape index (κ2) is 3.66. The van der Waals surface area contributed by atoms with E-state index >= 15 is 0 Å². The van der Waals surface area contributed by atoms with Crippen molar-refractivity contribution in [3.8, 4) is 0 Å². The van der Waals surface area contributed by atoms with Crippen LogP contribution in [0.2, 0.25) is 0 Å². The zero-order valence-corrected chi connectivity index (χ0v) is 9.48. The molecule has 0 atom stereocenters. The average Bonchev–Trinajstić information content (AvgIpc) is 2.51. The molecule has 0 aliphatic rings. The molecule has 1 rings (SSSR count). The highest BCUT2D eigenvalue weighted by Gasteiger charge is 2.18. The van der Waals surface area contributed by atoms with Gasteiger partial charge in [0.05, 0.1) is 0 Å². The van der Waals surface area contributed by atoms with Crippen LogP contribution in [0.3, 0.4) is 0 Å². The lowest BCUT2D eigenvalue weighted by molar-refractivity contribution is 0.502. The molecule has 0 saturated heterocycles. The fraction of sp³-hybridized carbons (Fsp3) is 0.714. The minimum Gasteiger partial charge on any atom is -0.218 e. The number of nitrogens with zero attached hydrogens (tertiary/aromatic N) is 4. The molecule has 6 nitrogen and oxygen atoms in total. The SMILES string of the molecule is CC(C)c1ncn(S(=O)(=O)N(C)C)n1. The number of hydrogen-bond acceptors (Lipinski definition) is 4. The molecule has 0 bridgehead atoms. The van der Waals surface area contributed by atoms with Gasteiger partial charge in [-0.2, -0.15) is 12.7 Å². The highest BCUT2D eigenvalue weighted by atomic mass is 32.2. The van der Waals surface area contributed by atoms with Gasteiger partial charge in [0.15, 0.2) is 5.82 Å². The van der Waals surface area contributed by atoms with E-state index in [2.05, 4.69) is 10.1 Å². The molecule has 0 fully saturated rings. The molecule has 7 heteroatoms. The topological polar surface area (TPSA) is 68.1 Å². The van der Waals surface area contributed by atoms with Crippen LogP contribution in [0.4, 0.5) is 0 Å². The molecule has 0 aliphatic heterocycles. The summed E-state index contributed by atoms with van der Waals surface area (Å²) in [5.74, 6) is 0.643. The Morgan fingerprint density at radius 2 is 2.00 bits per heavy atom. The minimum absolute atomic E-state index is 0.119. The Labute approximate surface area is 83.7 Å². The van der Waals surface area contributed by atoms with Gasteiger partial charge >= 0.3 is 10.2 Å². The lowest BCUT2D eigenvalue weighted by atomic mass is 10.2. The van der Waals surface area contributed by atoms with Gasteiger partial charge in [-0.1, -0.05) is 13.8 Å². The first-order valence-corrected chi connectivity index (χ1v) is 5.60. The first-order chi connectivity index (χ1) is 6.35. The van der Waals surface area contributed by atoms with E-state index in [1.807, 2.05) is 13.8 Å².